The lowest BCUT2D eigenvalue weighted by Gasteiger charge is -2.29. The van der Waals surface area contributed by atoms with Crippen molar-refractivity contribution in [2.24, 2.45) is 0 Å². The lowest BCUT2D eigenvalue weighted by molar-refractivity contribution is 0.0738. The number of aryl methyl sites for hydroxylation is 1. The van der Waals surface area contributed by atoms with E-state index < -0.39 is 0 Å². The average molecular weight is 358 g/mol. The Morgan fingerprint density at radius 2 is 2.00 bits per heavy atom. The minimum absolute atomic E-state index is 0.0499. The number of rotatable bonds is 8. The summed E-state index contributed by atoms with van der Waals surface area (Å²) in [4.78, 5) is 14.5. The first kappa shape index (κ1) is 18.4. The molecule has 0 saturated heterocycles. The summed E-state index contributed by atoms with van der Waals surface area (Å²) in [5.41, 5.74) is 4.85. The molecule has 2 aromatic rings. The molecule has 3 rings (SSSR count). The number of hydroxylamine groups is 1. The SMILES string of the molecule is O=C1c2ccc(OCCNO)cc2CCN1CCCc1ccc(F)cc1. The van der Waals surface area contributed by atoms with Gasteiger partial charge in [-0.25, -0.2) is 9.87 Å². The van der Waals surface area contributed by atoms with Gasteiger partial charge in [-0.3, -0.25) is 4.79 Å². The van der Waals surface area contributed by atoms with E-state index in [1.54, 1.807) is 18.2 Å². The molecule has 0 aliphatic carbocycles. The number of amides is 1. The number of halogens is 1. The predicted molar refractivity (Wildman–Crippen MR) is 96.1 cm³/mol. The van der Waals surface area contributed by atoms with E-state index in [4.69, 9.17) is 9.94 Å². The molecule has 6 heteroatoms. The molecule has 0 radical (unpaired) electrons. The van der Waals surface area contributed by atoms with Crippen LogP contribution in [-0.4, -0.2) is 42.3 Å². The van der Waals surface area contributed by atoms with Gasteiger partial charge in [0.1, 0.15) is 18.2 Å². The van der Waals surface area contributed by atoms with Crippen molar-refractivity contribution in [1.29, 1.82) is 0 Å². The van der Waals surface area contributed by atoms with E-state index in [1.165, 1.54) is 12.1 Å². The number of hydrogen-bond acceptors (Lipinski definition) is 4. The number of nitrogens with zero attached hydrogens (tertiary/aromatic N) is 1. The van der Waals surface area contributed by atoms with Gasteiger partial charge in [0, 0.05) is 18.7 Å². The highest BCUT2D eigenvalue weighted by Crippen LogP contribution is 2.24. The number of benzene rings is 2. The van der Waals surface area contributed by atoms with Crippen LogP contribution in [0, 0.1) is 5.82 Å². The summed E-state index contributed by atoms with van der Waals surface area (Å²) in [6, 6.07) is 12.0. The first-order valence-corrected chi connectivity index (χ1v) is 8.84. The second-order valence-corrected chi connectivity index (χ2v) is 6.35. The Bertz CT molecular complexity index is 749. The third kappa shape index (κ3) is 4.59. The van der Waals surface area contributed by atoms with Crippen molar-refractivity contribution in [2.45, 2.75) is 19.3 Å². The standard InChI is InChI=1S/C20H23FN2O3/c21-17-5-3-15(4-6-17)2-1-11-23-12-9-16-14-18(26-13-10-22-25)7-8-19(16)20(23)24/h3-8,14,22,25H,1-2,9-13H2. The Labute approximate surface area is 152 Å². The van der Waals surface area contributed by atoms with Crippen LogP contribution < -0.4 is 10.2 Å². The quantitative estimate of drug-likeness (QED) is 0.563. The highest BCUT2D eigenvalue weighted by Gasteiger charge is 2.24. The summed E-state index contributed by atoms with van der Waals surface area (Å²) >= 11 is 0. The van der Waals surface area contributed by atoms with Crippen LogP contribution in [0.3, 0.4) is 0 Å². The molecule has 0 atom stereocenters. The summed E-state index contributed by atoms with van der Waals surface area (Å²) in [6.45, 7) is 2.09. The maximum Gasteiger partial charge on any atom is 0.254 e. The average Bonchev–Trinajstić information content (AvgIpc) is 2.65. The van der Waals surface area contributed by atoms with Gasteiger partial charge in [0.2, 0.25) is 0 Å². The number of ether oxygens (including phenoxy) is 1. The van der Waals surface area contributed by atoms with Crippen molar-refractivity contribution in [2.75, 3.05) is 26.2 Å². The molecular formula is C20H23FN2O3. The van der Waals surface area contributed by atoms with Crippen LogP contribution in [0.4, 0.5) is 4.39 Å². The molecular weight excluding hydrogens is 335 g/mol. The van der Waals surface area contributed by atoms with Gasteiger partial charge in [-0.2, -0.15) is 0 Å². The van der Waals surface area contributed by atoms with Crippen molar-refractivity contribution in [1.82, 2.24) is 10.4 Å². The van der Waals surface area contributed by atoms with E-state index >= 15 is 0 Å². The number of fused-ring (bicyclic) bond motifs is 1. The molecule has 2 aromatic carbocycles. The first-order valence-electron chi connectivity index (χ1n) is 8.84. The Balaban J connectivity index is 1.54. The van der Waals surface area contributed by atoms with Crippen LogP contribution in [-0.2, 0) is 12.8 Å². The number of carbonyl (C=O) groups excluding carboxylic acids is 1. The largest absolute Gasteiger partial charge is 0.492 e. The highest BCUT2D eigenvalue weighted by molar-refractivity contribution is 5.96. The molecule has 26 heavy (non-hydrogen) atoms. The van der Waals surface area contributed by atoms with Gasteiger partial charge in [-0.05, 0) is 60.7 Å². The second-order valence-electron chi connectivity index (χ2n) is 6.35. The van der Waals surface area contributed by atoms with Gasteiger partial charge < -0.3 is 14.8 Å². The lowest BCUT2D eigenvalue weighted by atomic mass is 9.98. The molecule has 1 amide bonds. The summed E-state index contributed by atoms with van der Waals surface area (Å²) in [6.07, 6.45) is 2.47. The van der Waals surface area contributed by atoms with Crippen LogP contribution in [0.5, 0.6) is 5.75 Å². The molecule has 0 aromatic heterocycles. The molecule has 0 unspecified atom stereocenters. The first-order chi connectivity index (χ1) is 12.7. The normalized spacial score (nSPS) is 13.6. The van der Waals surface area contributed by atoms with Gasteiger partial charge in [-0.1, -0.05) is 12.1 Å². The van der Waals surface area contributed by atoms with E-state index in [1.807, 2.05) is 22.5 Å². The second kappa shape index (κ2) is 8.78. The van der Waals surface area contributed by atoms with E-state index in [2.05, 4.69) is 0 Å². The maximum absolute atomic E-state index is 12.9. The summed E-state index contributed by atoms with van der Waals surface area (Å²) in [5, 5.41) is 8.56. The fourth-order valence-electron chi connectivity index (χ4n) is 3.16. The Kier molecular flexibility index (Phi) is 6.20. The zero-order valence-electron chi connectivity index (χ0n) is 14.6. The predicted octanol–water partition coefficient (Wildman–Crippen LogP) is 2.81. The lowest BCUT2D eigenvalue weighted by Crippen LogP contribution is -2.38. The molecule has 0 spiro atoms. The summed E-state index contributed by atoms with van der Waals surface area (Å²) in [5.74, 6) is 0.526. The number of carbonyl (C=O) groups is 1. The van der Waals surface area contributed by atoms with Gasteiger partial charge >= 0.3 is 0 Å². The van der Waals surface area contributed by atoms with Gasteiger partial charge in [-0.15, -0.1) is 0 Å². The summed E-state index contributed by atoms with van der Waals surface area (Å²) < 4.78 is 18.5. The minimum Gasteiger partial charge on any atom is -0.492 e. The smallest absolute Gasteiger partial charge is 0.254 e. The van der Waals surface area contributed by atoms with Crippen molar-refractivity contribution >= 4 is 5.91 Å². The zero-order chi connectivity index (χ0) is 18.4. The Hall–Kier alpha value is -2.44. The molecule has 5 nitrogen and oxygen atoms in total. The summed E-state index contributed by atoms with van der Waals surface area (Å²) in [7, 11) is 0. The number of hydrogen-bond donors (Lipinski definition) is 2. The van der Waals surface area contributed by atoms with Crippen LogP contribution in [0.15, 0.2) is 42.5 Å². The third-order valence-corrected chi connectivity index (χ3v) is 4.53. The monoisotopic (exact) mass is 358 g/mol. The molecule has 1 aliphatic heterocycles. The van der Waals surface area contributed by atoms with Crippen molar-refractivity contribution in [3.05, 3.63) is 65.0 Å². The van der Waals surface area contributed by atoms with Crippen LogP contribution >= 0.6 is 0 Å². The van der Waals surface area contributed by atoms with Crippen molar-refractivity contribution in [3.8, 4) is 5.75 Å². The van der Waals surface area contributed by atoms with E-state index in [-0.39, 0.29) is 11.7 Å². The fourth-order valence-corrected chi connectivity index (χ4v) is 3.16. The molecule has 1 aliphatic rings. The van der Waals surface area contributed by atoms with E-state index in [9.17, 15) is 9.18 Å². The molecule has 0 fully saturated rings. The van der Waals surface area contributed by atoms with Crippen molar-refractivity contribution < 1.29 is 19.1 Å². The van der Waals surface area contributed by atoms with Gasteiger partial charge in [0.25, 0.3) is 5.91 Å². The van der Waals surface area contributed by atoms with E-state index in [0.29, 0.717) is 32.0 Å². The molecule has 1 heterocycles. The van der Waals surface area contributed by atoms with E-state index in [0.717, 1.165) is 36.0 Å². The molecule has 2 N–H and O–H groups in total. The zero-order valence-corrected chi connectivity index (χ0v) is 14.6. The molecule has 0 saturated carbocycles. The highest BCUT2D eigenvalue weighted by atomic mass is 19.1. The Morgan fingerprint density at radius 1 is 1.19 bits per heavy atom. The van der Waals surface area contributed by atoms with Crippen molar-refractivity contribution in [3.63, 3.8) is 0 Å². The van der Waals surface area contributed by atoms with Crippen LogP contribution in [0.25, 0.3) is 0 Å². The van der Waals surface area contributed by atoms with Crippen LogP contribution in [0.2, 0.25) is 0 Å². The topological polar surface area (TPSA) is 61.8 Å². The molecule has 138 valence electrons. The molecule has 0 bridgehead atoms. The maximum atomic E-state index is 12.9. The fraction of sp³-hybridized carbons (Fsp3) is 0.350. The third-order valence-electron chi connectivity index (χ3n) is 4.53. The number of nitrogens with one attached hydrogen (secondary N) is 1. The van der Waals surface area contributed by atoms with Gasteiger partial charge in [0.05, 0.1) is 6.54 Å². The van der Waals surface area contributed by atoms with Crippen LogP contribution in [0.1, 0.15) is 27.9 Å². The minimum atomic E-state index is -0.229. The Morgan fingerprint density at radius 3 is 2.77 bits per heavy atom. The van der Waals surface area contributed by atoms with Gasteiger partial charge in [0.15, 0.2) is 0 Å².